The van der Waals surface area contributed by atoms with Crippen molar-refractivity contribution in [1.29, 1.82) is 0 Å². The van der Waals surface area contributed by atoms with Crippen LogP contribution in [0.15, 0.2) is 24.4 Å². The van der Waals surface area contributed by atoms with Gasteiger partial charge in [-0.25, -0.2) is 4.98 Å². The monoisotopic (exact) mass is 437 g/mol. The molecular weight excluding hydrogens is 413 g/mol. The number of rotatable bonds is 7. The molecule has 1 aliphatic rings. The number of carbonyl (C=O) groups is 1. The van der Waals surface area contributed by atoms with Crippen LogP contribution in [0.1, 0.15) is 31.2 Å². The highest BCUT2D eigenvalue weighted by Gasteiger charge is 2.23. The van der Waals surface area contributed by atoms with Gasteiger partial charge < -0.3 is 20.7 Å². The van der Waals surface area contributed by atoms with Crippen LogP contribution in [0, 0.1) is 6.92 Å². The summed E-state index contributed by atoms with van der Waals surface area (Å²) >= 11 is 11.8. The summed E-state index contributed by atoms with van der Waals surface area (Å²) < 4.78 is 5.49. The predicted octanol–water partition coefficient (Wildman–Crippen LogP) is 4.05. The fraction of sp³-hybridized carbons (Fsp3) is 0.450. The Bertz CT molecular complexity index is 857. The molecule has 1 fully saturated rings. The van der Waals surface area contributed by atoms with Crippen LogP contribution < -0.4 is 20.7 Å². The van der Waals surface area contributed by atoms with Crippen LogP contribution in [-0.2, 0) is 4.79 Å². The van der Waals surface area contributed by atoms with Crippen molar-refractivity contribution in [1.82, 2.24) is 15.3 Å². The van der Waals surface area contributed by atoms with Crippen LogP contribution in [0.2, 0.25) is 10.0 Å². The van der Waals surface area contributed by atoms with Gasteiger partial charge >= 0.3 is 0 Å². The molecule has 0 saturated heterocycles. The molecule has 3 N–H and O–H groups in total. The Morgan fingerprint density at radius 1 is 1.17 bits per heavy atom. The van der Waals surface area contributed by atoms with E-state index in [9.17, 15) is 4.79 Å². The summed E-state index contributed by atoms with van der Waals surface area (Å²) in [5, 5.41) is 10.3. The highest BCUT2D eigenvalue weighted by Crippen LogP contribution is 2.26. The Hall–Kier alpha value is -2.25. The van der Waals surface area contributed by atoms with Crippen LogP contribution in [-0.4, -0.2) is 41.6 Å². The standard InChI is InChI=1S/C20H25Cl2N5O2/c1-12-10-24-20(27-19(12)23-2)26-14-5-3-13(4-6-14)25-18(28)11-29-15-7-8-16(21)17(22)9-15/h7-10,13-14H,3-6,11H2,1-2H3,(H,25,28)(H2,23,24,26,27)/t13-,14+. The van der Waals surface area contributed by atoms with Crippen LogP contribution in [0.3, 0.4) is 0 Å². The smallest absolute Gasteiger partial charge is 0.258 e. The second-order valence-corrected chi connectivity index (χ2v) is 7.91. The minimum Gasteiger partial charge on any atom is -0.484 e. The summed E-state index contributed by atoms with van der Waals surface area (Å²) in [4.78, 5) is 21.0. The van der Waals surface area contributed by atoms with Gasteiger partial charge in [0.1, 0.15) is 11.6 Å². The summed E-state index contributed by atoms with van der Waals surface area (Å²) in [5.41, 5.74) is 1.01. The van der Waals surface area contributed by atoms with Gasteiger partial charge in [0, 0.05) is 37.0 Å². The Morgan fingerprint density at radius 2 is 1.90 bits per heavy atom. The number of ether oxygens (including phenoxy) is 1. The predicted molar refractivity (Wildman–Crippen MR) is 116 cm³/mol. The highest BCUT2D eigenvalue weighted by atomic mass is 35.5. The first kappa shape index (κ1) is 21.5. The van der Waals surface area contributed by atoms with E-state index >= 15 is 0 Å². The zero-order valence-electron chi connectivity index (χ0n) is 16.5. The number of aryl methyl sites for hydroxylation is 1. The second-order valence-electron chi connectivity index (χ2n) is 7.10. The molecule has 0 bridgehead atoms. The zero-order chi connectivity index (χ0) is 20.8. The normalized spacial score (nSPS) is 18.8. The fourth-order valence-electron chi connectivity index (χ4n) is 3.31. The van der Waals surface area contributed by atoms with Gasteiger partial charge in [0.2, 0.25) is 5.95 Å². The van der Waals surface area contributed by atoms with E-state index in [1.807, 2.05) is 14.0 Å². The van der Waals surface area contributed by atoms with Crippen molar-refractivity contribution >= 4 is 40.9 Å². The van der Waals surface area contributed by atoms with Crippen LogP contribution in [0.5, 0.6) is 5.75 Å². The molecule has 29 heavy (non-hydrogen) atoms. The van der Waals surface area contributed by atoms with E-state index in [0.717, 1.165) is 37.1 Å². The maximum atomic E-state index is 12.2. The highest BCUT2D eigenvalue weighted by molar-refractivity contribution is 6.42. The summed E-state index contributed by atoms with van der Waals surface area (Å²) in [6.45, 7) is 1.91. The molecule has 0 unspecified atom stereocenters. The van der Waals surface area contributed by atoms with Crippen molar-refractivity contribution in [2.75, 3.05) is 24.3 Å². The lowest BCUT2D eigenvalue weighted by Crippen LogP contribution is -2.42. The van der Waals surface area contributed by atoms with Gasteiger partial charge in [-0.1, -0.05) is 23.2 Å². The number of aromatic nitrogens is 2. The largest absolute Gasteiger partial charge is 0.484 e. The molecule has 0 radical (unpaired) electrons. The fourth-order valence-corrected chi connectivity index (χ4v) is 3.60. The molecule has 1 aromatic carbocycles. The van der Waals surface area contributed by atoms with Crippen LogP contribution in [0.25, 0.3) is 0 Å². The third kappa shape index (κ3) is 6.11. The molecule has 1 aromatic heterocycles. The van der Waals surface area contributed by atoms with Crippen molar-refractivity contribution in [3.05, 3.63) is 40.0 Å². The van der Waals surface area contributed by atoms with Crippen molar-refractivity contribution in [3.63, 3.8) is 0 Å². The number of nitrogens with one attached hydrogen (secondary N) is 3. The molecule has 0 atom stereocenters. The Balaban J connectivity index is 1.41. The van der Waals surface area contributed by atoms with E-state index in [1.54, 1.807) is 24.4 Å². The van der Waals surface area contributed by atoms with Gasteiger partial charge in [0.25, 0.3) is 5.91 Å². The molecule has 1 aliphatic carbocycles. The van der Waals surface area contributed by atoms with Crippen molar-refractivity contribution < 1.29 is 9.53 Å². The number of halogens is 2. The molecule has 3 rings (SSSR count). The summed E-state index contributed by atoms with van der Waals surface area (Å²) in [5.74, 6) is 1.82. The van der Waals surface area contributed by atoms with Gasteiger partial charge in [-0.05, 0) is 44.7 Å². The maximum Gasteiger partial charge on any atom is 0.258 e. The number of anilines is 2. The van der Waals surface area contributed by atoms with Crippen LogP contribution in [0.4, 0.5) is 11.8 Å². The lowest BCUT2D eigenvalue weighted by molar-refractivity contribution is -0.124. The molecule has 1 saturated carbocycles. The summed E-state index contributed by atoms with van der Waals surface area (Å²) in [6.07, 6.45) is 5.46. The molecule has 1 heterocycles. The SMILES string of the molecule is CNc1nc(N[C@H]2CC[C@@H](NC(=O)COc3ccc(Cl)c(Cl)c3)CC2)ncc1C. The average molecular weight is 438 g/mol. The van der Waals surface area contributed by atoms with Gasteiger partial charge in [-0.3, -0.25) is 4.79 Å². The first-order valence-corrected chi connectivity index (χ1v) is 10.4. The van der Waals surface area contributed by atoms with Crippen molar-refractivity contribution in [3.8, 4) is 5.75 Å². The number of hydrogen-bond acceptors (Lipinski definition) is 6. The molecule has 2 aromatic rings. The van der Waals surface area contributed by atoms with Crippen LogP contribution >= 0.6 is 23.2 Å². The van der Waals surface area contributed by atoms with Gasteiger partial charge in [0.05, 0.1) is 10.0 Å². The second kappa shape index (κ2) is 9.98. The van der Waals surface area contributed by atoms with E-state index in [2.05, 4.69) is 25.9 Å². The van der Waals surface area contributed by atoms with Gasteiger partial charge in [-0.15, -0.1) is 0 Å². The molecule has 7 nitrogen and oxygen atoms in total. The number of nitrogens with zero attached hydrogens (tertiary/aromatic N) is 2. The molecular formula is C20H25Cl2N5O2. The lowest BCUT2D eigenvalue weighted by Gasteiger charge is -2.29. The van der Waals surface area contributed by atoms with Gasteiger partial charge in [-0.2, -0.15) is 4.98 Å². The summed E-state index contributed by atoms with van der Waals surface area (Å²) in [6, 6.07) is 5.36. The first-order valence-electron chi connectivity index (χ1n) is 9.59. The van der Waals surface area contributed by atoms with E-state index in [4.69, 9.17) is 27.9 Å². The number of benzene rings is 1. The maximum absolute atomic E-state index is 12.2. The van der Waals surface area contributed by atoms with Crippen molar-refractivity contribution in [2.24, 2.45) is 0 Å². The van der Waals surface area contributed by atoms with E-state index in [1.165, 1.54) is 0 Å². The lowest BCUT2D eigenvalue weighted by atomic mass is 9.91. The van der Waals surface area contributed by atoms with Crippen molar-refractivity contribution in [2.45, 2.75) is 44.7 Å². The Kier molecular flexibility index (Phi) is 7.39. The Labute approximate surface area is 180 Å². The quantitative estimate of drug-likeness (QED) is 0.605. The molecule has 0 spiro atoms. The minimum atomic E-state index is -0.145. The topological polar surface area (TPSA) is 88.2 Å². The molecule has 0 aliphatic heterocycles. The molecule has 1 amide bonds. The zero-order valence-corrected chi connectivity index (χ0v) is 18.0. The molecule has 156 valence electrons. The van der Waals surface area contributed by atoms with E-state index in [0.29, 0.717) is 27.8 Å². The third-order valence-corrected chi connectivity index (χ3v) is 5.63. The molecule has 9 heteroatoms. The summed E-state index contributed by atoms with van der Waals surface area (Å²) in [7, 11) is 1.85. The number of carbonyl (C=O) groups excluding carboxylic acids is 1. The van der Waals surface area contributed by atoms with E-state index in [-0.39, 0.29) is 18.6 Å². The van der Waals surface area contributed by atoms with E-state index < -0.39 is 0 Å². The van der Waals surface area contributed by atoms with Gasteiger partial charge in [0.15, 0.2) is 6.61 Å². The first-order chi connectivity index (χ1) is 13.9. The number of hydrogen-bond donors (Lipinski definition) is 3. The third-order valence-electron chi connectivity index (χ3n) is 4.90. The minimum absolute atomic E-state index is 0.0554. The average Bonchev–Trinajstić information content (AvgIpc) is 2.72. The number of amides is 1. The Morgan fingerprint density at radius 3 is 2.59 bits per heavy atom.